The van der Waals surface area contributed by atoms with Crippen LogP contribution in [0.3, 0.4) is 0 Å². The molecule has 0 aromatic heterocycles. The normalized spacial score (nSPS) is 12.1. The maximum atomic E-state index is 13.0. The highest BCUT2D eigenvalue weighted by atomic mass is 19.1. The number of nitrogens with two attached hydrogens (primary N) is 2. The van der Waals surface area contributed by atoms with E-state index in [-0.39, 0.29) is 11.1 Å². The topological polar surface area (TPSA) is 96.1 Å². The van der Waals surface area contributed by atoms with Gasteiger partial charge < -0.3 is 16.6 Å². The van der Waals surface area contributed by atoms with Crippen LogP contribution in [0.2, 0.25) is 0 Å². The predicted octanol–water partition coefficient (Wildman–Crippen LogP) is 0.752. The molecule has 0 radical (unpaired) electrons. The quantitative estimate of drug-likeness (QED) is 0.684. The van der Waals surface area contributed by atoms with Crippen molar-refractivity contribution in [2.75, 3.05) is 6.54 Å². The predicted molar refractivity (Wildman–Crippen MR) is 53.4 cm³/mol. The van der Waals surface area contributed by atoms with Crippen LogP contribution in [0.25, 0.3) is 0 Å². The van der Waals surface area contributed by atoms with Crippen molar-refractivity contribution < 1.29 is 9.50 Å². The van der Waals surface area contributed by atoms with E-state index in [1.165, 1.54) is 6.07 Å². The number of hydrogen-bond donors (Lipinski definition) is 3. The molecule has 80 valence electrons. The molecule has 0 bridgehead atoms. The first-order chi connectivity index (χ1) is 7.11. The highest BCUT2D eigenvalue weighted by molar-refractivity contribution is 5.48. The van der Waals surface area contributed by atoms with E-state index in [2.05, 4.69) is 0 Å². The zero-order valence-corrected chi connectivity index (χ0v) is 8.07. The van der Waals surface area contributed by atoms with Crippen molar-refractivity contribution in [2.45, 2.75) is 12.5 Å². The molecule has 5 heteroatoms. The van der Waals surface area contributed by atoms with Crippen LogP contribution in [0, 0.1) is 17.1 Å². The Morgan fingerprint density at radius 2 is 2.20 bits per heavy atom. The average molecular weight is 209 g/mol. The van der Waals surface area contributed by atoms with Gasteiger partial charge in [0.15, 0.2) is 11.6 Å². The van der Waals surface area contributed by atoms with Crippen molar-refractivity contribution in [1.82, 2.24) is 0 Å². The van der Waals surface area contributed by atoms with Gasteiger partial charge in [-0.25, -0.2) is 4.39 Å². The lowest BCUT2D eigenvalue weighted by atomic mass is 9.98. The lowest BCUT2D eigenvalue weighted by Crippen LogP contribution is -2.17. The molecule has 0 aliphatic carbocycles. The van der Waals surface area contributed by atoms with E-state index in [1.54, 1.807) is 0 Å². The fourth-order valence-electron chi connectivity index (χ4n) is 1.38. The smallest absolute Gasteiger partial charge is 0.165 e. The van der Waals surface area contributed by atoms with Crippen LogP contribution in [0.1, 0.15) is 23.6 Å². The molecule has 0 spiro atoms. The van der Waals surface area contributed by atoms with Crippen LogP contribution in [-0.2, 0) is 0 Å². The molecule has 0 aliphatic heterocycles. The van der Waals surface area contributed by atoms with Gasteiger partial charge in [0.1, 0.15) is 0 Å². The summed E-state index contributed by atoms with van der Waals surface area (Å²) >= 11 is 0. The maximum Gasteiger partial charge on any atom is 0.165 e. The van der Waals surface area contributed by atoms with Crippen molar-refractivity contribution in [3.63, 3.8) is 0 Å². The van der Waals surface area contributed by atoms with Gasteiger partial charge >= 0.3 is 0 Å². The largest absolute Gasteiger partial charge is 0.505 e. The number of rotatable bonds is 3. The molecule has 0 fully saturated rings. The second-order valence-corrected chi connectivity index (χ2v) is 3.15. The third-order valence-electron chi connectivity index (χ3n) is 2.14. The molecule has 0 saturated heterocycles. The molecular weight excluding hydrogens is 197 g/mol. The summed E-state index contributed by atoms with van der Waals surface area (Å²) in [6.45, 7) is 0.308. The minimum atomic E-state index is -0.781. The van der Waals surface area contributed by atoms with Gasteiger partial charge in [-0.3, -0.25) is 0 Å². The highest BCUT2D eigenvalue weighted by Crippen LogP contribution is 2.30. The van der Waals surface area contributed by atoms with Crippen LogP contribution in [0.4, 0.5) is 4.39 Å². The molecule has 1 atom stereocenters. The Labute approximate surface area is 86.9 Å². The minimum absolute atomic E-state index is 0.128. The fourth-order valence-corrected chi connectivity index (χ4v) is 1.38. The lowest BCUT2D eigenvalue weighted by molar-refractivity contribution is 0.418. The van der Waals surface area contributed by atoms with Gasteiger partial charge in [0.25, 0.3) is 0 Å². The number of aromatic hydroxyl groups is 1. The van der Waals surface area contributed by atoms with Crippen LogP contribution in [-0.4, -0.2) is 11.7 Å². The number of nitriles is 1. The molecule has 0 aliphatic rings. The number of halogens is 1. The summed E-state index contributed by atoms with van der Waals surface area (Å²) in [6.07, 6.45) is 0.381. The number of nitrogens with zero attached hydrogens (tertiary/aromatic N) is 1. The molecule has 0 heterocycles. The molecule has 0 amide bonds. The number of phenols is 1. The van der Waals surface area contributed by atoms with E-state index in [4.69, 9.17) is 16.7 Å². The van der Waals surface area contributed by atoms with E-state index >= 15 is 0 Å². The van der Waals surface area contributed by atoms with Gasteiger partial charge in [0.2, 0.25) is 0 Å². The van der Waals surface area contributed by atoms with Gasteiger partial charge in [-0.15, -0.1) is 0 Å². The first-order valence-electron chi connectivity index (χ1n) is 4.49. The lowest BCUT2D eigenvalue weighted by Gasteiger charge is -2.14. The van der Waals surface area contributed by atoms with E-state index in [9.17, 15) is 9.50 Å². The summed E-state index contributed by atoms with van der Waals surface area (Å²) in [5, 5.41) is 18.2. The number of hydrogen-bond acceptors (Lipinski definition) is 4. The summed E-state index contributed by atoms with van der Waals surface area (Å²) in [6, 6.07) is 3.56. The molecule has 1 aromatic carbocycles. The summed E-state index contributed by atoms with van der Waals surface area (Å²) in [7, 11) is 0. The Bertz CT molecular complexity index is 400. The van der Waals surface area contributed by atoms with Crippen molar-refractivity contribution in [3.8, 4) is 11.8 Å². The van der Waals surface area contributed by atoms with E-state index < -0.39 is 17.6 Å². The Kier molecular flexibility index (Phi) is 3.61. The third-order valence-corrected chi connectivity index (χ3v) is 2.14. The number of benzene rings is 1. The fraction of sp³-hybridized carbons (Fsp3) is 0.300. The molecule has 4 nitrogen and oxygen atoms in total. The first-order valence-corrected chi connectivity index (χ1v) is 4.49. The van der Waals surface area contributed by atoms with Gasteiger partial charge in [-0.1, -0.05) is 0 Å². The first kappa shape index (κ1) is 11.4. The minimum Gasteiger partial charge on any atom is -0.505 e. The molecular formula is C10H12FN3O. The monoisotopic (exact) mass is 209 g/mol. The average Bonchev–Trinajstić information content (AvgIpc) is 2.22. The Morgan fingerprint density at radius 3 is 2.73 bits per heavy atom. The Balaban J connectivity index is 3.24. The number of phenolic OH excluding ortho intramolecular Hbond substituents is 1. The SMILES string of the molecule is N#Cc1ccc(F)c(O)c1[C@H](N)CCN. The Morgan fingerprint density at radius 1 is 1.53 bits per heavy atom. The van der Waals surface area contributed by atoms with E-state index in [0.29, 0.717) is 13.0 Å². The van der Waals surface area contributed by atoms with Crippen molar-refractivity contribution in [1.29, 1.82) is 5.26 Å². The van der Waals surface area contributed by atoms with Crippen molar-refractivity contribution in [2.24, 2.45) is 11.5 Å². The summed E-state index contributed by atoms with van der Waals surface area (Å²) in [5.41, 5.74) is 11.3. The van der Waals surface area contributed by atoms with Crippen LogP contribution in [0.5, 0.6) is 5.75 Å². The molecule has 15 heavy (non-hydrogen) atoms. The van der Waals surface area contributed by atoms with Crippen LogP contribution < -0.4 is 11.5 Å². The second kappa shape index (κ2) is 4.73. The van der Waals surface area contributed by atoms with E-state index in [0.717, 1.165) is 6.07 Å². The standard InChI is InChI=1S/C10H12FN3O/c11-7-2-1-6(5-13)9(10(7)15)8(14)3-4-12/h1-2,8,15H,3-4,12,14H2/t8-/m1/s1. The summed E-state index contributed by atoms with van der Waals surface area (Å²) in [4.78, 5) is 0. The third kappa shape index (κ3) is 2.24. The second-order valence-electron chi connectivity index (χ2n) is 3.15. The Hall–Kier alpha value is -1.64. The zero-order chi connectivity index (χ0) is 11.4. The van der Waals surface area contributed by atoms with Gasteiger partial charge in [-0.2, -0.15) is 5.26 Å². The highest BCUT2D eigenvalue weighted by Gasteiger charge is 2.18. The summed E-state index contributed by atoms with van der Waals surface area (Å²) < 4.78 is 13.0. The van der Waals surface area contributed by atoms with Crippen LogP contribution >= 0.6 is 0 Å². The van der Waals surface area contributed by atoms with Gasteiger partial charge in [0.05, 0.1) is 11.6 Å². The summed E-state index contributed by atoms with van der Waals surface area (Å²) in [5.74, 6) is -1.34. The van der Waals surface area contributed by atoms with Crippen LogP contribution in [0.15, 0.2) is 12.1 Å². The van der Waals surface area contributed by atoms with E-state index in [1.807, 2.05) is 6.07 Å². The van der Waals surface area contributed by atoms with Crippen molar-refractivity contribution >= 4 is 0 Å². The zero-order valence-electron chi connectivity index (χ0n) is 8.07. The molecule has 0 saturated carbocycles. The maximum absolute atomic E-state index is 13.0. The molecule has 0 unspecified atom stereocenters. The van der Waals surface area contributed by atoms with Gasteiger partial charge in [0, 0.05) is 11.6 Å². The van der Waals surface area contributed by atoms with Gasteiger partial charge in [-0.05, 0) is 25.1 Å². The van der Waals surface area contributed by atoms with Crippen molar-refractivity contribution in [3.05, 3.63) is 29.1 Å². The molecule has 1 rings (SSSR count). The molecule has 5 N–H and O–H groups in total. The molecule has 1 aromatic rings.